The first-order valence-corrected chi connectivity index (χ1v) is 9.34. The van der Waals surface area contributed by atoms with Gasteiger partial charge in [-0.25, -0.2) is 4.39 Å². The molecule has 0 aliphatic rings. The summed E-state index contributed by atoms with van der Waals surface area (Å²) in [6.45, 7) is 0.396. The maximum Gasteiger partial charge on any atom is 0.261 e. The zero-order valence-corrected chi connectivity index (χ0v) is 14.7. The number of benzene rings is 1. The number of hydrogen-bond donors (Lipinski definition) is 1. The fourth-order valence-electron chi connectivity index (χ4n) is 2.56. The summed E-state index contributed by atoms with van der Waals surface area (Å²) in [5.41, 5.74) is 1.98. The van der Waals surface area contributed by atoms with Gasteiger partial charge in [-0.1, -0.05) is 6.07 Å². The van der Waals surface area contributed by atoms with E-state index in [1.807, 2.05) is 29.8 Å². The van der Waals surface area contributed by atoms with Gasteiger partial charge in [-0.15, -0.1) is 22.7 Å². The molecule has 25 heavy (non-hydrogen) atoms. The molecule has 0 radical (unpaired) electrons. The molecular formula is C19H13FN2OS2. The van der Waals surface area contributed by atoms with E-state index in [9.17, 15) is 9.18 Å². The van der Waals surface area contributed by atoms with Gasteiger partial charge in [0.15, 0.2) is 0 Å². The molecule has 0 aliphatic carbocycles. The number of nitrogens with zero attached hydrogens (tertiary/aromatic N) is 1. The molecule has 0 atom stereocenters. The second-order valence-electron chi connectivity index (χ2n) is 5.53. The Morgan fingerprint density at radius 1 is 1.16 bits per heavy atom. The van der Waals surface area contributed by atoms with Gasteiger partial charge in [-0.3, -0.25) is 9.78 Å². The number of amides is 1. The van der Waals surface area contributed by atoms with Crippen LogP contribution in [0.2, 0.25) is 0 Å². The van der Waals surface area contributed by atoms with Crippen LogP contribution in [0.3, 0.4) is 0 Å². The molecule has 0 unspecified atom stereocenters. The summed E-state index contributed by atoms with van der Waals surface area (Å²) < 4.78 is 14.2. The second-order valence-corrected chi connectivity index (χ2v) is 7.57. The minimum Gasteiger partial charge on any atom is -0.347 e. The number of carbonyl (C=O) groups excluding carboxylic acids is 1. The lowest BCUT2D eigenvalue weighted by Gasteiger charge is -2.05. The molecule has 0 fully saturated rings. The van der Waals surface area contributed by atoms with Crippen molar-refractivity contribution in [1.29, 1.82) is 0 Å². The number of pyridine rings is 1. The van der Waals surface area contributed by atoms with Gasteiger partial charge in [-0.2, -0.15) is 0 Å². The van der Waals surface area contributed by atoms with Crippen LogP contribution in [0.15, 0.2) is 60.2 Å². The summed E-state index contributed by atoms with van der Waals surface area (Å²) in [6.07, 6.45) is 3.56. The average Bonchev–Trinajstić information content (AvgIpc) is 3.29. The van der Waals surface area contributed by atoms with E-state index in [4.69, 9.17) is 0 Å². The maximum absolute atomic E-state index is 13.3. The van der Waals surface area contributed by atoms with Crippen LogP contribution in [0.5, 0.6) is 0 Å². The van der Waals surface area contributed by atoms with E-state index in [1.165, 1.54) is 23.5 Å². The lowest BCUT2D eigenvalue weighted by Crippen LogP contribution is -2.21. The van der Waals surface area contributed by atoms with Crippen molar-refractivity contribution in [1.82, 2.24) is 10.3 Å². The fourth-order valence-corrected chi connectivity index (χ4v) is 4.23. The molecule has 3 nitrogen and oxygen atoms in total. The Balaban J connectivity index is 1.48. The van der Waals surface area contributed by atoms with Gasteiger partial charge in [0.1, 0.15) is 5.82 Å². The van der Waals surface area contributed by atoms with E-state index in [-0.39, 0.29) is 11.7 Å². The average molecular weight is 368 g/mol. The van der Waals surface area contributed by atoms with Gasteiger partial charge >= 0.3 is 0 Å². The summed E-state index contributed by atoms with van der Waals surface area (Å²) >= 11 is 3.01. The van der Waals surface area contributed by atoms with Crippen LogP contribution in [0, 0.1) is 5.82 Å². The molecule has 0 aliphatic heterocycles. The molecule has 1 amide bonds. The zero-order chi connectivity index (χ0) is 17.2. The van der Waals surface area contributed by atoms with Crippen LogP contribution in [0.1, 0.15) is 15.2 Å². The topological polar surface area (TPSA) is 42.0 Å². The molecule has 1 N–H and O–H groups in total. The minimum absolute atomic E-state index is 0.164. The van der Waals surface area contributed by atoms with Crippen molar-refractivity contribution in [2.75, 3.05) is 0 Å². The maximum atomic E-state index is 13.3. The highest BCUT2D eigenvalue weighted by atomic mass is 32.1. The van der Waals surface area contributed by atoms with E-state index in [0.29, 0.717) is 11.4 Å². The molecule has 124 valence electrons. The number of aromatic nitrogens is 1. The normalized spacial score (nSPS) is 10.9. The SMILES string of the molecule is O=C(NCc1cncc(-c2cccs2)c1)c1cc2cc(F)ccc2s1. The van der Waals surface area contributed by atoms with E-state index in [1.54, 1.807) is 29.7 Å². The lowest BCUT2D eigenvalue weighted by atomic mass is 10.2. The first-order chi connectivity index (χ1) is 12.2. The molecule has 4 rings (SSSR count). The predicted octanol–water partition coefficient (Wildman–Crippen LogP) is 5.09. The van der Waals surface area contributed by atoms with Crippen LogP contribution in [-0.2, 0) is 6.54 Å². The molecule has 6 heteroatoms. The first kappa shape index (κ1) is 15.9. The number of fused-ring (bicyclic) bond motifs is 1. The molecule has 3 heterocycles. The fraction of sp³-hybridized carbons (Fsp3) is 0.0526. The third-order valence-corrected chi connectivity index (χ3v) is 5.79. The quantitative estimate of drug-likeness (QED) is 0.545. The van der Waals surface area contributed by atoms with Crippen molar-refractivity contribution in [3.8, 4) is 10.4 Å². The smallest absolute Gasteiger partial charge is 0.261 e. The van der Waals surface area contributed by atoms with Crippen LogP contribution in [0.25, 0.3) is 20.5 Å². The van der Waals surface area contributed by atoms with Crippen LogP contribution in [0.4, 0.5) is 4.39 Å². The van der Waals surface area contributed by atoms with Gasteiger partial charge in [0.2, 0.25) is 0 Å². The van der Waals surface area contributed by atoms with Gasteiger partial charge in [0.25, 0.3) is 5.91 Å². The Morgan fingerprint density at radius 3 is 2.92 bits per heavy atom. The Labute approximate surface area is 151 Å². The molecular weight excluding hydrogens is 355 g/mol. The summed E-state index contributed by atoms with van der Waals surface area (Å²) in [5, 5.41) is 5.67. The Kier molecular flexibility index (Phi) is 4.29. The van der Waals surface area contributed by atoms with Gasteiger partial charge in [0.05, 0.1) is 4.88 Å². The zero-order valence-electron chi connectivity index (χ0n) is 13.0. The Hall–Kier alpha value is -2.57. The summed E-state index contributed by atoms with van der Waals surface area (Å²) in [5.74, 6) is -0.461. The number of hydrogen-bond acceptors (Lipinski definition) is 4. The van der Waals surface area contributed by atoms with Crippen molar-refractivity contribution >= 4 is 38.7 Å². The standard InChI is InChI=1S/C19H13FN2OS2/c20-15-3-4-17-13(7-15)8-18(25-17)19(23)22-10-12-6-14(11-21-9-12)16-2-1-5-24-16/h1-9,11H,10H2,(H,22,23). The van der Waals surface area contributed by atoms with Gasteiger partial charge in [-0.05, 0) is 52.7 Å². The van der Waals surface area contributed by atoms with E-state index in [0.717, 1.165) is 26.1 Å². The van der Waals surface area contributed by atoms with Crippen molar-refractivity contribution in [2.45, 2.75) is 6.54 Å². The van der Waals surface area contributed by atoms with Crippen LogP contribution >= 0.6 is 22.7 Å². The molecule has 3 aromatic heterocycles. The summed E-state index contributed by atoms with van der Waals surface area (Å²) in [4.78, 5) is 18.3. The minimum atomic E-state index is -0.297. The molecule has 0 spiro atoms. The Morgan fingerprint density at radius 2 is 2.08 bits per heavy atom. The third-order valence-electron chi connectivity index (χ3n) is 3.76. The number of rotatable bonds is 4. The highest BCUT2D eigenvalue weighted by Crippen LogP contribution is 2.27. The molecule has 1 aromatic carbocycles. The number of halogens is 1. The highest BCUT2D eigenvalue weighted by Gasteiger charge is 2.11. The number of carbonyl (C=O) groups is 1. The summed E-state index contributed by atoms with van der Waals surface area (Å²) in [7, 11) is 0. The molecule has 0 bridgehead atoms. The molecule has 4 aromatic rings. The number of thiophene rings is 2. The molecule has 0 saturated heterocycles. The first-order valence-electron chi connectivity index (χ1n) is 7.64. The van der Waals surface area contributed by atoms with E-state index in [2.05, 4.69) is 10.3 Å². The number of nitrogens with one attached hydrogen (secondary N) is 1. The van der Waals surface area contributed by atoms with Crippen molar-refractivity contribution in [2.24, 2.45) is 0 Å². The largest absolute Gasteiger partial charge is 0.347 e. The lowest BCUT2D eigenvalue weighted by molar-refractivity contribution is 0.0955. The van der Waals surface area contributed by atoms with E-state index < -0.39 is 0 Å². The highest BCUT2D eigenvalue weighted by molar-refractivity contribution is 7.20. The van der Waals surface area contributed by atoms with Crippen LogP contribution < -0.4 is 5.32 Å². The monoisotopic (exact) mass is 368 g/mol. The van der Waals surface area contributed by atoms with Gasteiger partial charge in [0, 0.05) is 34.1 Å². The van der Waals surface area contributed by atoms with E-state index >= 15 is 0 Å². The van der Waals surface area contributed by atoms with Gasteiger partial charge < -0.3 is 5.32 Å². The van der Waals surface area contributed by atoms with Crippen molar-refractivity contribution in [3.05, 3.63) is 76.5 Å². The second kappa shape index (κ2) is 6.74. The van der Waals surface area contributed by atoms with Crippen LogP contribution in [-0.4, -0.2) is 10.9 Å². The van der Waals surface area contributed by atoms with Crippen molar-refractivity contribution < 1.29 is 9.18 Å². The molecule has 0 saturated carbocycles. The summed E-state index contributed by atoms with van der Waals surface area (Å²) in [6, 6.07) is 12.3. The Bertz CT molecular complexity index is 1040. The third kappa shape index (κ3) is 3.45. The predicted molar refractivity (Wildman–Crippen MR) is 101 cm³/mol. The van der Waals surface area contributed by atoms with Crippen molar-refractivity contribution in [3.63, 3.8) is 0 Å².